The summed E-state index contributed by atoms with van der Waals surface area (Å²) in [6, 6.07) is 0. The van der Waals surface area contributed by atoms with Gasteiger partial charge in [-0.25, -0.2) is 0 Å². The predicted molar refractivity (Wildman–Crippen MR) is 65.5 cm³/mol. The van der Waals surface area contributed by atoms with Crippen molar-refractivity contribution in [2.75, 3.05) is 6.54 Å². The number of carboxylic acids is 1. The van der Waals surface area contributed by atoms with Crippen molar-refractivity contribution in [2.24, 2.45) is 11.8 Å². The lowest BCUT2D eigenvalue weighted by atomic mass is 9.71. The zero-order valence-corrected chi connectivity index (χ0v) is 10.8. The molecule has 1 fully saturated rings. The lowest BCUT2D eigenvalue weighted by molar-refractivity contribution is -0.147. The fourth-order valence-corrected chi connectivity index (χ4v) is 2.68. The first-order valence-electron chi connectivity index (χ1n) is 6.50. The molecular formula is C13H25NO2. The maximum atomic E-state index is 11.5. The standard InChI is InChI=1S/C13H25NO2/c1-4-8-14-13(12(15)16)7-5-6-11(9-13)10(2)3/h10-11,14H,4-9H2,1-3H3,(H,15,16). The highest BCUT2D eigenvalue weighted by Gasteiger charge is 2.42. The minimum Gasteiger partial charge on any atom is -0.480 e. The van der Waals surface area contributed by atoms with Crippen LogP contribution < -0.4 is 5.32 Å². The molecule has 0 bridgehead atoms. The lowest BCUT2D eigenvalue weighted by Gasteiger charge is -2.40. The van der Waals surface area contributed by atoms with Crippen LogP contribution in [0.5, 0.6) is 0 Å². The van der Waals surface area contributed by atoms with E-state index in [4.69, 9.17) is 0 Å². The van der Waals surface area contributed by atoms with Gasteiger partial charge in [-0.2, -0.15) is 0 Å². The summed E-state index contributed by atoms with van der Waals surface area (Å²) in [7, 11) is 0. The number of aliphatic carboxylic acids is 1. The van der Waals surface area contributed by atoms with E-state index in [9.17, 15) is 9.90 Å². The molecule has 2 N–H and O–H groups in total. The van der Waals surface area contributed by atoms with Crippen LogP contribution in [0.3, 0.4) is 0 Å². The van der Waals surface area contributed by atoms with Crippen LogP contribution in [0.1, 0.15) is 52.9 Å². The summed E-state index contributed by atoms with van der Waals surface area (Å²) in [5.74, 6) is 0.475. The molecule has 0 saturated heterocycles. The molecule has 16 heavy (non-hydrogen) atoms. The van der Waals surface area contributed by atoms with Crippen molar-refractivity contribution in [1.82, 2.24) is 5.32 Å². The Bertz CT molecular complexity index is 240. The Morgan fingerprint density at radius 1 is 1.56 bits per heavy atom. The van der Waals surface area contributed by atoms with Gasteiger partial charge in [0.15, 0.2) is 0 Å². The Morgan fingerprint density at radius 3 is 2.75 bits per heavy atom. The largest absolute Gasteiger partial charge is 0.480 e. The van der Waals surface area contributed by atoms with E-state index in [0.717, 1.165) is 32.2 Å². The summed E-state index contributed by atoms with van der Waals surface area (Å²) in [6.45, 7) is 7.27. The van der Waals surface area contributed by atoms with Crippen molar-refractivity contribution in [2.45, 2.75) is 58.4 Å². The molecule has 3 heteroatoms. The fraction of sp³-hybridized carbons (Fsp3) is 0.923. The van der Waals surface area contributed by atoms with Gasteiger partial charge in [0, 0.05) is 0 Å². The van der Waals surface area contributed by atoms with Crippen molar-refractivity contribution in [3.8, 4) is 0 Å². The summed E-state index contributed by atoms with van der Waals surface area (Å²) < 4.78 is 0. The number of rotatable bonds is 5. The Balaban J connectivity index is 2.72. The third-order valence-corrected chi connectivity index (χ3v) is 3.85. The monoisotopic (exact) mass is 227 g/mol. The van der Waals surface area contributed by atoms with E-state index >= 15 is 0 Å². The van der Waals surface area contributed by atoms with Crippen LogP contribution in [-0.2, 0) is 4.79 Å². The molecule has 2 unspecified atom stereocenters. The van der Waals surface area contributed by atoms with Gasteiger partial charge in [0.1, 0.15) is 5.54 Å². The summed E-state index contributed by atoms with van der Waals surface area (Å²) in [6.07, 6.45) is 4.78. The van der Waals surface area contributed by atoms with E-state index in [1.807, 2.05) is 0 Å². The van der Waals surface area contributed by atoms with Gasteiger partial charge in [-0.3, -0.25) is 4.79 Å². The minimum absolute atomic E-state index is 0.550. The molecular weight excluding hydrogens is 202 g/mol. The van der Waals surface area contributed by atoms with Crippen molar-refractivity contribution in [3.05, 3.63) is 0 Å². The van der Waals surface area contributed by atoms with Crippen LogP contribution in [0.4, 0.5) is 0 Å². The second-order valence-corrected chi connectivity index (χ2v) is 5.41. The topological polar surface area (TPSA) is 49.3 Å². The summed E-state index contributed by atoms with van der Waals surface area (Å²) in [4.78, 5) is 11.5. The van der Waals surface area contributed by atoms with Crippen LogP contribution in [0.2, 0.25) is 0 Å². The van der Waals surface area contributed by atoms with E-state index in [1.165, 1.54) is 6.42 Å². The second kappa shape index (κ2) is 5.67. The molecule has 1 aliphatic carbocycles. The molecule has 0 spiro atoms. The first-order chi connectivity index (χ1) is 7.52. The highest BCUT2D eigenvalue weighted by atomic mass is 16.4. The van der Waals surface area contributed by atoms with Gasteiger partial charge < -0.3 is 10.4 Å². The van der Waals surface area contributed by atoms with Crippen LogP contribution in [0.15, 0.2) is 0 Å². The molecule has 1 rings (SSSR count). The Morgan fingerprint density at radius 2 is 2.25 bits per heavy atom. The van der Waals surface area contributed by atoms with E-state index in [0.29, 0.717) is 11.8 Å². The van der Waals surface area contributed by atoms with E-state index in [1.54, 1.807) is 0 Å². The lowest BCUT2D eigenvalue weighted by Crippen LogP contribution is -2.55. The summed E-state index contributed by atoms with van der Waals surface area (Å²) in [5, 5.41) is 12.7. The Labute approximate surface area is 98.6 Å². The smallest absolute Gasteiger partial charge is 0.323 e. The van der Waals surface area contributed by atoms with Gasteiger partial charge in [-0.1, -0.05) is 33.6 Å². The second-order valence-electron chi connectivity index (χ2n) is 5.41. The van der Waals surface area contributed by atoms with E-state index < -0.39 is 11.5 Å². The maximum Gasteiger partial charge on any atom is 0.323 e. The number of hydrogen-bond acceptors (Lipinski definition) is 2. The molecule has 0 heterocycles. The highest BCUT2D eigenvalue weighted by Crippen LogP contribution is 2.36. The SMILES string of the molecule is CCCNC1(C(=O)O)CCCC(C(C)C)C1. The minimum atomic E-state index is -0.661. The van der Waals surface area contributed by atoms with Crippen LogP contribution in [0, 0.1) is 11.8 Å². The molecule has 1 saturated carbocycles. The van der Waals surface area contributed by atoms with Crippen molar-refractivity contribution < 1.29 is 9.90 Å². The molecule has 0 aliphatic heterocycles. The fourth-order valence-electron chi connectivity index (χ4n) is 2.68. The molecule has 0 amide bonds. The number of hydrogen-bond donors (Lipinski definition) is 2. The average Bonchev–Trinajstić information content (AvgIpc) is 2.26. The number of carboxylic acid groups (broad SMARTS) is 1. The average molecular weight is 227 g/mol. The van der Waals surface area contributed by atoms with Gasteiger partial charge in [-0.15, -0.1) is 0 Å². The molecule has 0 aromatic heterocycles. The van der Waals surface area contributed by atoms with Crippen LogP contribution in [-0.4, -0.2) is 23.2 Å². The van der Waals surface area contributed by atoms with E-state index in [2.05, 4.69) is 26.1 Å². The molecule has 0 aromatic rings. The van der Waals surface area contributed by atoms with Crippen molar-refractivity contribution in [3.63, 3.8) is 0 Å². The van der Waals surface area contributed by atoms with Crippen LogP contribution >= 0.6 is 0 Å². The first kappa shape index (κ1) is 13.5. The molecule has 1 aliphatic rings. The number of carbonyl (C=O) groups is 1. The predicted octanol–water partition coefficient (Wildman–Crippen LogP) is 2.66. The molecule has 0 radical (unpaired) electrons. The Hall–Kier alpha value is -0.570. The first-order valence-corrected chi connectivity index (χ1v) is 6.50. The van der Waals surface area contributed by atoms with Gasteiger partial charge >= 0.3 is 5.97 Å². The van der Waals surface area contributed by atoms with Crippen molar-refractivity contribution in [1.29, 1.82) is 0 Å². The quantitative estimate of drug-likeness (QED) is 0.759. The highest BCUT2D eigenvalue weighted by molar-refractivity contribution is 5.79. The van der Waals surface area contributed by atoms with Gasteiger partial charge in [0.05, 0.1) is 0 Å². The Kier molecular flexibility index (Phi) is 4.78. The zero-order valence-electron chi connectivity index (χ0n) is 10.8. The molecule has 0 aromatic carbocycles. The summed E-state index contributed by atoms with van der Waals surface area (Å²) >= 11 is 0. The molecule has 2 atom stereocenters. The van der Waals surface area contributed by atoms with Gasteiger partial charge in [0.25, 0.3) is 0 Å². The van der Waals surface area contributed by atoms with Crippen molar-refractivity contribution >= 4 is 5.97 Å². The molecule has 94 valence electrons. The zero-order chi connectivity index (χ0) is 12.2. The normalized spacial score (nSPS) is 30.6. The summed E-state index contributed by atoms with van der Waals surface area (Å²) in [5.41, 5.74) is -0.650. The van der Waals surface area contributed by atoms with E-state index in [-0.39, 0.29) is 0 Å². The van der Waals surface area contributed by atoms with Gasteiger partial charge in [0.2, 0.25) is 0 Å². The third-order valence-electron chi connectivity index (χ3n) is 3.85. The maximum absolute atomic E-state index is 11.5. The van der Waals surface area contributed by atoms with Crippen LogP contribution in [0.25, 0.3) is 0 Å². The molecule has 3 nitrogen and oxygen atoms in total. The third kappa shape index (κ3) is 2.97. The number of nitrogens with one attached hydrogen (secondary N) is 1. The van der Waals surface area contributed by atoms with Gasteiger partial charge in [-0.05, 0) is 37.6 Å².